The summed E-state index contributed by atoms with van der Waals surface area (Å²) in [5.74, 6) is 0.858. The van der Waals surface area contributed by atoms with E-state index in [1.165, 1.54) is 11.3 Å². The lowest BCUT2D eigenvalue weighted by Gasteiger charge is -2.11. The maximum absolute atomic E-state index is 5.36. The van der Waals surface area contributed by atoms with Gasteiger partial charge in [0.05, 0.1) is 12.2 Å². The Morgan fingerprint density at radius 3 is 2.50 bits per heavy atom. The summed E-state index contributed by atoms with van der Waals surface area (Å²) >= 11 is 0. The van der Waals surface area contributed by atoms with Gasteiger partial charge in [0.1, 0.15) is 0 Å². The lowest BCUT2D eigenvalue weighted by Crippen LogP contribution is -2.38. The lowest BCUT2D eigenvalue weighted by atomic mass is 10.1. The molecule has 0 aliphatic rings. The van der Waals surface area contributed by atoms with Crippen molar-refractivity contribution in [1.82, 2.24) is 20.4 Å². The SMILES string of the molecule is CCNC(=NCc1c(CC)nn(C)c1CC)NCCCOCC.I. The highest BCUT2D eigenvalue weighted by atomic mass is 127. The first-order valence-corrected chi connectivity index (χ1v) is 8.81. The molecule has 7 heteroatoms. The van der Waals surface area contributed by atoms with Crippen molar-refractivity contribution >= 4 is 29.9 Å². The van der Waals surface area contributed by atoms with Gasteiger partial charge in [-0.1, -0.05) is 13.8 Å². The molecule has 0 fully saturated rings. The number of rotatable bonds is 10. The molecule has 1 aromatic rings. The van der Waals surface area contributed by atoms with Crippen molar-refractivity contribution in [3.8, 4) is 0 Å². The number of nitrogens with one attached hydrogen (secondary N) is 2. The maximum Gasteiger partial charge on any atom is 0.191 e. The molecule has 1 aromatic heterocycles. The second-order valence-corrected chi connectivity index (χ2v) is 5.38. The van der Waals surface area contributed by atoms with Gasteiger partial charge in [0.15, 0.2) is 5.96 Å². The van der Waals surface area contributed by atoms with Gasteiger partial charge in [-0.25, -0.2) is 4.99 Å². The van der Waals surface area contributed by atoms with E-state index in [4.69, 9.17) is 9.73 Å². The van der Waals surface area contributed by atoms with E-state index in [1.807, 2.05) is 18.7 Å². The van der Waals surface area contributed by atoms with Crippen LogP contribution in [-0.4, -0.2) is 42.0 Å². The van der Waals surface area contributed by atoms with Crippen molar-refractivity contribution in [2.24, 2.45) is 12.0 Å². The van der Waals surface area contributed by atoms with E-state index in [1.54, 1.807) is 0 Å². The van der Waals surface area contributed by atoms with Gasteiger partial charge in [0.25, 0.3) is 0 Å². The van der Waals surface area contributed by atoms with E-state index in [0.29, 0.717) is 6.54 Å². The number of aromatic nitrogens is 2. The van der Waals surface area contributed by atoms with Crippen LogP contribution in [0.1, 0.15) is 51.1 Å². The predicted molar refractivity (Wildman–Crippen MR) is 111 cm³/mol. The highest BCUT2D eigenvalue weighted by molar-refractivity contribution is 14.0. The molecule has 0 aromatic carbocycles. The van der Waals surface area contributed by atoms with E-state index in [9.17, 15) is 0 Å². The number of aliphatic imine (C=N–C) groups is 1. The maximum atomic E-state index is 5.36. The molecule has 140 valence electrons. The number of guanidine groups is 1. The van der Waals surface area contributed by atoms with Gasteiger partial charge < -0.3 is 15.4 Å². The van der Waals surface area contributed by atoms with Crippen molar-refractivity contribution in [2.45, 2.75) is 53.5 Å². The Bertz CT molecular complexity index is 488. The van der Waals surface area contributed by atoms with Crippen molar-refractivity contribution in [3.63, 3.8) is 0 Å². The molecule has 24 heavy (non-hydrogen) atoms. The van der Waals surface area contributed by atoms with Crippen molar-refractivity contribution in [3.05, 3.63) is 17.0 Å². The minimum absolute atomic E-state index is 0. The van der Waals surface area contributed by atoms with E-state index in [2.05, 4.69) is 36.5 Å². The zero-order valence-electron chi connectivity index (χ0n) is 15.8. The summed E-state index contributed by atoms with van der Waals surface area (Å²) in [4.78, 5) is 4.73. The third-order valence-electron chi connectivity index (χ3n) is 3.73. The number of hydrogen-bond donors (Lipinski definition) is 2. The molecule has 0 spiro atoms. The predicted octanol–water partition coefficient (Wildman–Crippen LogP) is 2.64. The van der Waals surface area contributed by atoms with Gasteiger partial charge in [0.2, 0.25) is 0 Å². The summed E-state index contributed by atoms with van der Waals surface area (Å²) in [5, 5.41) is 11.3. The van der Waals surface area contributed by atoms with Crippen LogP contribution in [0.25, 0.3) is 0 Å². The average Bonchev–Trinajstić information content (AvgIpc) is 2.87. The number of nitrogens with zero attached hydrogens (tertiary/aromatic N) is 3. The molecule has 0 unspecified atom stereocenters. The van der Waals surface area contributed by atoms with Crippen LogP contribution >= 0.6 is 24.0 Å². The molecule has 0 radical (unpaired) electrons. The van der Waals surface area contributed by atoms with E-state index in [-0.39, 0.29) is 24.0 Å². The molecule has 0 aliphatic heterocycles. The minimum Gasteiger partial charge on any atom is -0.382 e. The van der Waals surface area contributed by atoms with Gasteiger partial charge >= 0.3 is 0 Å². The Kier molecular flexibility index (Phi) is 13.0. The van der Waals surface area contributed by atoms with Crippen LogP contribution < -0.4 is 10.6 Å². The third kappa shape index (κ3) is 7.38. The Labute approximate surface area is 163 Å². The van der Waals surface area contributed by atoms with Gasteiger partial charge in [-0.3, -0.25) is 4.68 Å². The van der Waals surface area contributed by atoms with Crippen LogP contribution in [0.15, 0.2) is 4.99 Å². The molecular formula is C17H34IN5O. The Morgan fingerprint density at radius 1 is 1.17 bits per heavy atom. The normalized spacial score (nSPS) is 11.3. The Morgan fingerprint density at radius 2 is 1.92 bits per heavy atom. The third-order valence-corrected chi connectivity index (χ3v) is 3.73. The molecule has 0 aliphatic carbocycles. The zero-order valence-corrected chi connectivity index (χ0v) is 18.1. The molecule has 0 bridgehead atoms. The van der Waals surface area contributed by atoms with E-state index >= 15 is 0 Å². The second-order valence-electron chi connectivity index (χ2n) is 5.38. The van der Waals surface area contributed by atoms with Crippen LogP contribution in [0.5, 0.6) is 0 Å². The average molecular weight is 451 g/mol. The minimum atomic E-state index is 0. The summed E-state index contributed by atoms with van der Waals surface area (Å²) in [6, 6.07) is 0. The summed E-state index contributed by atoms with van der Waals surface area (Å²) in [6.45, 7) is 12.3. The topological polar surface area (TPSA) is 63.5 Å². The van der Waals surface area contributed by atoms with E-state index in [0.717, 1.165) is 57.2 Å². The number of aryl methyl sites for hydroxylation is 2. The molecule has 0 amide bonds. The highest BCUT2D eigenvalue weighted by Gasteiger charge is 2.13. The van der Waals surface area contributed by atoms with E-state index < -0.39 is 0 Å². The van der Waals surface area contributed by atoms with Crippen LogP contribution in [0.4, 0.5) is 0 Å². The first kappa shape index (κ1) is 23.2. The molecular weight excluding hydrogens is 417 g/mol. The number of hydrogen-bond acceptors (Lipinski definition) is 3. The van der Waals surface area contributed by atoms with Crippen LogP contribution in [0, 0.1) is 0 Å². The van der Waals surface area contributed by atoms with Crippen LogP contribution in [-0.2, 0) is 31.2 Å². The van der Waals surface area contributed by atoms with Gasteiger partial charge in [-0.05, 0) is 33.1 Å². The number of halogens is 1. The zero-order chi connectivity index (χ0) is 17.1. The summed E-state index contributed by atoms with van der Waals surface area (Å²) < 4.78 is 7.35. The highest BCUT2D eigenvalue weighted by Crippen LogP contribution is 2.16. The second kappa shape index (κ2) is 13.5. The summed E-state index contributed by atoms with van der Waals surface area (Å²) in [5.41, 5.74) is 3.70. The fourth-order valence-corrected chi connectivity index (χ4v) is 2.60. The van der Waals surface area contributed by atoms with Crippen molar-refractivity contribution < 1.29 is 4.74 Å². The van der Waals surface area contributed by atoms with Gasteiger partial charge in [-0.2, -0.15) is 5.10 Å². The molecule has 2 N–H and O–H groups in total. The number of ether oxygens (including phenoxy) is 1. The van der Waals surface area contributed by atoms with Crippen LogP contribution in [0.2, 0.25) is 0 Å². The summed E-state index contributed by atoms with van der Waals surface area (Å²) in [7, 11) is 2.02. The molecule has 0 saturated heterocycles. The molecule has 0 saturated carbocycles. The monoisotopic (exact) mass is 451 g/mol. The fourth-order valence-electron chi connectivity index (χ4n) is 2.60. The molecule has 6 nitrogen and oxygen atoms in total. The molecule has 0 atom stereocenters. The van der Waals surface area contributed by atoms with Gasteiger partial charge in [0, 0.05) is 44.6 Å². The van der Waals surface area contributed by atoms with Crippen molar-refractivity contribution in [1.29, 1.82) is 0 Å². The standard InChI is InChI=1S/C17H33N5O.HI/c1-6-15-14(16(7-2)22(5)21-15)13-20-17(18-8-3)19-11-10-12-23-9-4;/h6-13H2,1-5H3,(H2,18,19,20);1H. The Balaban J connectivity index is 0.00000529. The first-order valence-electron chi connectivity index (χ1n) is 8.81. The largest absolute Gasteiger partial charge is 0.382 e. The Hall–Kier alpha value is -0.830. The lowest BCUT2D eigenvalue weighted by molar-refractivity contribution is 0.145. The smallest absolute Gasteiger partial charge is 0.191 e. The van der Waals surface area contributed by atoms with Crippen molar-refractivity contribution in [2.75, 3.05) is 26.3 Å². The van der Waals surface area contributed by atoms with Gasteiger partial charge in [-0.15, -0.1) is 24.0 Å². The summed E-state index contributed by atoms with van der Waals surface area (Å²) in [6.07, 6.45) is 2.90. The van der Waals surface area contributed by atoms with Crippen LogP contribution in [0.3, 0.4) is 0 Å². The first-order chi connectivity index (χ1) is 11.2. The quantitative estimate of drug-likeness (QED) is 0.249. The fraction of sp³-hybridized carbons (Fsp3) is 0.765. The molecule has 1 heterocycles. The molecule has 1 rings (SSSR count).